The monoisotopic (exact) mass is 226 g/mol. The molecular formula is C11H9F3N2. The molecule has 16 heavy (non-hydrogen) atoms. The Labute approximate surface area is 90.7 Å². The van der Waals surface area contributed by atoms with Crippen molar-refractivity contribution in [1.82, 2.24) is 4.98 Å². The fourth-order valence-corrected chi connectivity index (χ4v) is 2.01. The van der Waals surface area contributed by atoms with Crippen LogP contribution in [0.25, 0.3) is 0 Å². The molecule has 1 saturated carbocycles. The first kappa shape index (κ1) is 10.9. The van der Waals surface area contributed by atoms with Gasteiger partial charge in [0, 0.05) is 12.4 Å². The third-order valence-electron chi connectivity index (χ3n) is 3.06. The van der Waals surface area contributed by atoms with Gasteiger partial charge in [-0.2, -0.15) is 18.4 Å². The molecular weight excluding hydrogens is 217 g/mol. The van der Waals surface area contributed by atoms with Crippen molar-refractivity contribution in [2.24, 2.45) is 0 Å². The molecule has 0 amide bonds. The molecule has 84 valence electrons. The molecule has 0 N–H and O–H groups in total. The third-order valence-corrected chi connectivity index (χ3v) is 3.06. The van der Waals surface area contributed by atoms with E-state index >= 15 is 0 Å². The van der Waals surface area contributed by atoms with Crippen molar-refractivity contribution in [3.63, 3.8) is 0 Å². The van der Waals surface area contributed by atoms with Crippen LogP contribution in [-0.2, 0) is 11.6 Å². The van der Waals surface area contributed by atoms with Crippen LogP contribution in [0.4, 0.5) is 13.2 Å². The second-order valence-electron chi connectivity index (χ2n) is 3.97. The Hall–Kier alpha value is -1.57. The predicted octanol–water partition coefficient (Wildman–Crippen LogP) is 3.05. The van der Waals surface area contributed by atoms with Gasteiger partial charge < -0.3 is 0 Å². The molecule has 0 saturated heterocycles. The van der Waals surface area contributed by atoms with Gasteiger partial charge in [-0.15, -0.1) is 0 Å². The molecule has 2 nitrogen and oxygen atoms in total. The first-order chi connectivity index (χ1) is 7.49. The van der Waals surface area contributed by atoms with Crippen molar-refractivity contribution >= 4 is 0 Å². The van der Waals surface area contributed by atoms with Crippen LogP contribution in [-0.4, -0.2) is 4.98 Å². The van der Waals surface area contributed by atoms with E-state index in [2.05, 4.69) is 4.98 Å². The number of pyridine rings is 1. The number of rotatable bonds is 1. The lowest BCUT2D eigenvalue weighted by molar-refractivity contribution is -0.139. The van der Waals surface area contributed by atoms with Crippen LogP contribution in [0.2, 0.25) is 0 Å². The largest absolute Gasteiger partial charge is 0.418 e. The Morgan fingerprint density at radius 2 is 2.06 bits per heavy atom. The second-order valence-corrected chi connectivity index (χ2v) is 3.97. The minimum atomic E-state index is -4.44. The van der Waals surface area contributed by atoms with Gasteiger partial charge in [-0.1, -0.05) is 0 Å². The van der Waals surface area contributed by atoms with Gasteiger partial charge >= 0.3 is 6.18 Å². The van der Waals surface area contributed by atoms with Crippen LogP contribution >= 0.6 is 0 Å². The van der Waals surface area contributed by atoms with Crippen LogP contribution in [0, 0.1) is 11.3 Å². The highest BCUT2D eigenvalue weighted by atomic mass is 19.4. The summed E-state index contributed by atoms with van der Waals surface area (Å²) in [6.45, 7) is 0. The van der Waals surface area contributed by atoms with Gasteiger partial charge in [-0.3, -0.25) is 4.98 Å². The van der Waals surface area contributed by atoms with Crippen LogP contribution in [0.1, 0.15) is 30.4 Å². The van der Waals surface area contributed by atoms with Crippen molar-refractivity contribution in [2.75, 3.05) is 0 Å². The molecule has 0 atom stereocenters. The first-order valence-electron chi connectivity index (χ1n) is 4.92. The Morgan fingerprint density at radius 3 is 2.50 bits per heavy atom. The molecule has 0 aliphatic heterocycles. The highest BCUT2D eigenvalue weighted by molar-refractivity contribution is 5.41. The SMILES string of the molecule is N#CC1(c2ccncc2C(F)(F)F)CCC1. The van der Waals surface area contributed by atoms with Gasteiger partial charge in [0.15, 0.2) is 0 Å². The molecule has 1 aromatic heterocycles. The number of hydrogen-bond acceptors (Lipinski definition) is 2. The van der Waals surface area contributed by atoms with Crippen LogP contribution < -0.4 is 0 Å². The number of halogens is 3. The second kappa shape index (κ2) is 3.48. The van der Waals surface area contributed by atoms with Crippen molar-refractivity contribution < 1.29 is 13.2 Å². The Bertz CT molecular complexity index is 441. The van der Waals surface area contributed by atoms with Gasteiger partial charge in [0.2, 0.25) is 0 Å². The van der Waals surface area contributed by atoms with Crippen molar-refractivity contribution in [3.05, 3.63) is 29.6 Å². The summed E-state index contributed by atoms with van der Waals surface area (Å²) in [4.78, 5) is 3.49. The van der Waals surface area contributed by atoms with E-state index in [-0.39, 0.29) is 5.56 Å². The van der Waals surface area contributed by atoms with Crippen molar-refractivity contribution in [3.8, 4) is 6.07 Å². The molecule has 1 aliphatic rings. The van der Waals surface area contributed by atoms with E-state index < -0.39 is 17.2 Å². The Kier molecular flexibility index (Phi) is 2.38. The van der Waals surface area contributed by atoms with Gasteiger partial charge in [-0.05, 0) is 30.9 Å². The molecule has 1 heterocycles. The molecule has 0 unspecified atom stereocenters. The lowest BCUT2D eigenvalue weighted by atomic mass is 9.64. The topological polar surface area (TPSA) is 36.7 Å². The highest BCUT2D eigenvalue weighted by Crippen LogP contribution is 2.47. The normalized spacial score (nSPS) is 18.6. The van der Waals surface area contributed by atoms with Gasteiger partial charge in [0.25, 0.3) is 0 Å². The molecule has 0 aromatic carbocycles. The van der Waals surface area contributed by atoms with E-state index in [4.69, 9.17) is 5.26 Å². The molecule has 0 bridgehead atoms. The average Bonchev–Trinajstić information content (AvgIpc) is 2.16. The van der Waals surface area contributed by atoms with Crippen LogP contribution in [0.3, 0.4) is 0 Å². The van der Waals surface area contributed by atoms with E-state index in [1.165, 1.54) is 12.3 Å². The van der Waals surface area contributed by atoms with Crippen LogP contribution in [0.5, 0.6) is 0 Å². The number of aromatic nitrogens is 1. The summed E-state index contributed by atoms with van der Waals surface area (Å²) in [6, 6.07) is 3.33. The van der Waals surface area contributed by atoms with E-state index in [0.717, 1.165) is 12.6 Å². The summed E-state index contributed by atoms with van der Waals surface area (Å²) >= 11 is 0. The highest BCUT2D eigenvalue weighted by Gasteiger charge is 2.45. The lowest BCUT2D eigenvalue weighted by Crippen LogP contribution is -2.34. The number of alkyl halides is 3. The molecule has 1 fully saturated rings. The van der Waals surface area contributed by atoms with E-state index in [1.807, 2.05) is 6.07 Å². The average molecular weight is 226 g/mol. The Balaban J connectivity index is 2.54. The lowest BCUT2D eigenvalue weighted by Gasteiger charge is -2.37. The fraction of sp³-hybridized carbons (Fsp3) is 0.455. The van der Waals surface area contributed by atoms with E-state index in [1.54, 1.807) is 0 Å². The van der Waals surface area contributed by atoms with Gasteiger partial charge in [-0.25, -0.2) is 0 Å². The first-order valence-corrected chi connectivity index (χ1v) is 4.92. The van der Waals surface area contributed by atoms with Crippen molar-refractivity contribution in [2.45, 2.75) is 30.9 Å². The summed E-state index contributed by atoms with van der Waals surface area (Å²) < 4.78 is 38.2. The van der Waals surface area contributed by atoms with Crippen molar-refractivity contribution in [1.29, 1.82) is 5.26 Å². The minimum absolute atomic E-state index is 0.0729. The molecule has 1 aliphatic carbocycles. The molecule has 5 heteroatoms. The number of nitriles is 1. The summed E-state index contributed by atoms with van der Waals surface area (Å²) in [5, 5.41) is 9.04. The third kappa shape index (κ3) is 1.54. The minimum Gasteiger partial charge on any atom is -0.264 e. The summed E-state index contributed by atoms with van der Waals surface area (Å²) in [6.07, 6.45) is -0.544. The van der Waals surface area contributed by atoms with E-state index in [0.29, 0.717) is 12.8 Å². The zero-order valence-corrected chi connectivity index (χ0v) is 8.38. The molecule has 0 radical (unpaired) electrons. The molecule has 2 rings (SSSR count). The number of hydrogen-bond donors (Lipinski definition) is 0. The Morgan fingerprint density at radius 1 is 1.38 bits per heavy atom. The maximum atomic E-state index is 12.7. The summed E-state index contributed by atoms with van der Waals surface area (Å²) in [5.74, 6) is 0. The summed E-state index contributed by atoms with van der Waals surface area (Å²) in [7, 11) is 0. The standard InChI is InChI=1S/C11H9F3N2/c12-11(13,14)9-6-16-5-2-8(9)10(7-15)3-1-4-10/h2,5-6H,1,3-4H2. The van der Waals surface area contributed by atoms with Gasteiger partial charge in [0.05, 0.1) is 17.0 Å². The smallest absolute Gasteiger partial charge is 0.264 e. The maximum absolute atomic E-state index is 12.7. The number of nitrogens with zero attached hydrogens (tertiary/aromatic N) is 2. The fourth-order valence-electron chi connectivity index (χ4n) is 2.01. The maximum Gasteiger partial charge on any atom is 0.418 e. The van der Waals surface area contributed by atoms with E-state index in [9.17, 15) is 13.2 Å². The molecule has 1 aromatic rings. The zero-order chi connectivity index (χ0) is 11.8. The zero-order valence-electron chi connectivity index (χ0n) is 8.38. The van der Waals surface area contributed by atoms with Gasteiger partial charge in [0.1, 0.15) is 0 Å². The van der Waals surface area contributed by atoms with Crippen LogP contribution in [0.15, 0.2) is 18.5 Å². The summed E-state index contributed by atoms with van der Waals surface area (Å²) in [5.41, 5.74) is -1.66. The predicted molar refractivity (Wildman–Crippen MR) is 50.4 cm³/mol. The quantitative estimate of drug-likeness (QED) is 0.737. The molecule has 0 spiro atoms.